The highest BCUT2D eigenvalue weighted by molar-refractivity contribution is 7.19. The summed E-state index contributed by atoms with van der Waals surface area (Å²) in [7, 11) is 0. The van der Waals surface area contributed by atoms with Gasteiger partial charge in [0, 0.05) is 17.5 Å². The molecule has 0 aromatic carbocycles. The van der Waals surface area contributed by atoms with E-state index in [-0.39, 0.29) is 17.9 Å². The van der Waals surface area contributed by atoms with E-state index in [0.29, 0.717) is 25.2 Å². The van der Waals surface area contributed by atoms with Gasteiger partial charge < -0.3 is 20.6 Å². The molecule has 0 aliphatic carbocycles. The highest BCUT2D eigenvalue weighted by atomic mass is 35.5. The lowest BCUT2D eigenvalue weighted by Crippen LogP contribution is -2.23. The lowest BCUT2D eigenvalue weighted by Gasteiger charge is -2.08. The summed E-state index contributed by atoms with van der Waals surface area (Å²) in [6.45, 7) is 2.62. The maximum Gasteiger partial charge on any atom is 0.224 e. The molecule has 8 heteroatoms. The van der Waals surface area contributed by atoms with Crippen molar-refractivity contribution in [2.24, 2.45) is 5.73 Å². The number of hydrogen-bond acceptors (Lipinski definition) is 7. The zero-order valence-corrected chi connectivity index (χ0v) is 14.8. The van der Waals surface area contributed by atoms with Crippen molar-refractivity contribution in [2.45, 2.75) is 32.4 Å². The number of aliphatic hydroxyl groups is 1. The monoisotopic (exact) mass is 366 g/mol. The zero-order valence-electron chi connectivity index (χ0n) is 13.3. The number of furan rings is 1. The van der Waals surface area contributed by atoms with Crippen LogP contribution in [0.3, 0.4) is 0 Å². The van der Waals surface area contributed by atoms with Gasteiger partial charge in [0.2, 0.25) is 5.28 Å². The minimum absolute atomic E-state index is 0.0790. The van der Waals surface area contributed by atoms with Gasteiger partial charge >= 0.3 is 0 Å². The third-order valence-corrected chi connectivity index (χ3v) is 5.27. The first kappa shape index (κ1) is 17.2. The van der Waals surface area contributed by atoms with Crippen LogP contribution in [0.5, 0.6) is 0 Å². The Hall–Kier alpha value is -1.67. The molecule has 0 amide bonds. The van der Waals surface area contributed by atoms with Crippen LogP contribution >= 0.6 is 22.9 Å². The molecule has 0 fully saturated rings. The van der Waals surface area contributed by atoms with Crippen LogP contribution in [0.2, 0.25) is 5.28 Å². The topological polar surface area (TPSA) is 97.2 Å². The van der Waals surface area contributed by atoms with Gasteiger partial charge in [0.15, 0.2) is 0 Å². The minimum Gasteiger partial charge on any atom is -0.467 e. The second-order valence-electron chi connectivity index (χ2n) is 5.58. The Morgan fingerprint density at radius 1 is 1.46 bits per heavy atom. The molecule has 128 valence electrons. The van der Waals surface area contributed by atoms with Gasteiger partial charge in [-0.1, -0.05) is 0 Å². The van der Waals surface area contributed by atoms with Crippen LogP contribution in [0, 0.1) is 6.92 Å². The van der Waals surface area contributed by atoms with E-state index >= 15 is 0 Å². The minimum atomic E-state index is -0.0790. The molecule has 0 saturated heterocycles. The number of thiophene rings is 1. The first-order valence-electron chi connectivity index (χ1n) is 7.66. The summed E-state index contributed by atoms with van der Waals surface area (Å²) in [5.74, 6) is 1.51. The molecule has 1 atom stereocenters. The number of nitrogens with zero attached hydrogens (tertiary/aromatic N) is 2. The number of nitrogens with one attached hydrogen (secondary N) is 1. The molecule has 6 nitrogen and oxygen atoms in total. The molecule has 0 saturated carbocycles. The average Bonchev–Trinajstić information content (AvgIpc) is 3.15. The van der Waals surface area contributed by atoms with Gasteiger partial charge in [0.1, 0.15) is 11.6 Å². The maximum atomic E-state index is 9.03. The second kappa shape index (κ2) is 7.48. The summed E-state index contributed by atoms with van der Waals surface area (Å²) in [4.78, 5) is 9.82. The summed E-state index contributed by atoms with van der Waals surface area (Å²) >= 11 is 7.69. The average molecular weight is 367 g/mol. The Bertz CT molecular complexity index is 819. The fourth-order valence-corrected chi connectivity index (χ4v) is 3.98. The van der Waals surface area contributed by atoms with Crippen molar-refractivity contribution in [3.8, 4) is 0 Å². The van der Waals surface area contributed by atoms with E-state index < -0.39 is 0 Å². The molecule has 3 aromatic heterocycles. The molecular formula is C16H19ClN4O2S. The van der Waals surface area contributed by atoms with Gasteiger partial charge in [-0.05, 0) is 49.1 Å². The summed E-state index contributed by atoms with van der Waals surface area (Å²) < 4.78 is 6.28. The number of hydrogen-bond donors (Lipinski definition) is 3. The number of aliphatic hydroxyl groups excluding tert-OH is 1. The van der Waals surface area contributed by atoms with Crippen molar-refractivity contribution in [1.29, 1.82) is 0 Å². The first-order valence-corrected chi connectivity index (χ1v) is 8.86. The van der Waals surface area contributed by atoms with E-state index in [2.05, 4.69) is 15.3 Å². The van der Waals surface area contributed by atoms with E-state index in [1.54, 1.807) is 17.6 Å². The molecule has 24 heavy (non-hydrogen) atoms. The lowest BCUT2D eigenvalue weighted by molar-refractivity contribution is 0.275. The van der Waals surface area contributed by atoms with Gasteiger partial charge in [0.25, 0.3) is 0 Å². The summed E-state index contributed by atoms with van der Waals surface area (Å²) in [5.41, 5.74) is 7.96. The van der Waals surface area contributed by atoms with Crippen LogP contribution in [0.4, 0.5) is 5.82 Å². The van der Waals surface area contributed by atoms with E-state index in [9.17, 15) is 0 Å². The summed E-state index contributed by atoms with van der Waals surface area (Å²) in [5, 5.41) is 12.5. The Balaban J connectivity index is 1.91. The van der Waals surface area contributed by atoms with Crippen molar-refractivity contribution in [2.75, 3.05) is 11.9 Å². The van der Waals surface area contributed by atoms with Crippen molar-refractivity contribution >= 4 is 39.0 Å². The number of nitrogens with two attached hydrogens (primary N) is 1. The number of halogens is 1. The molecule has 0 radical (unpaired) electrons. The molecule has 0 aliphatic heterocycles. The van der Waals surface area contributed by atoms with Gasteiger partial charge in [-0.3, -0.25) is 0 Å². The molecule has 4 N–H and O–H groups in total. The largest absolute Gasteiger partial charge is 0.467 e. The molecular weight excluding hydrogens is 348 g/mol. The Morgan fingerprint density at radius 2 is 2.29 bits per heavy atom. The standard InChI is InChI=1S/C16H19ClN4O2S/c1-9-12(7-10(18)4-5-22)24-14-13(9)20-16(17)21-15(14)19-8-11-3-2-6-23-11/h2-3,6,10,22H,4-5,7-8,18H2,1H3,(H,19,20,21)/t10-/m0/s1. The van der Waals surface area contributed by atoms with Crippen molar-refractivity contribution in [1.82, 2.24) is 9.97 Å². The van der Waals surface area contributed by atoms with Crippen LogP contribution in [-0.2, 0) is 13.0 Å². The van der Waals surface area contributed by atoms with Crippen LogP contribution in [-0.4, -0.2) is 27.7 Å². The molecule has 0 spiro atoms. The zero-order chi connectivity index (χ0) is 17.1. The quantitative estimate of drug-likeness (QED) is 0.556. The van der Waals surface area contributed by atoms with Crippen LogP contribution < -0.4 is 11.1 Å². The number of aromatic nitrogens is 2. The number of fused-ring (bicyclic) bond motifs is 1. The third kappa shape index (κ3) is 3.70. The Morgan fingerprint density at radius 3 is 3.00 bits per heavy atom. The van der Waals surface area contributed by atoms with Crippen LogP contribution in [0.15, 0.2) is 22.8 Å². The smallest absolute Gasteiger partial charge is 0.224 e. The van der Waals surface area contributed by atoms with Crippen molar-refractivity contribution < 1.29 is 9.52 Å². The SMILES string of the molecule is Cc1c(C[C@@H](N)CCO)sc2c(NCc3ccco3)nc(Cl)nc12. The molecule has 3 aromatic rings. The summed E-state index contributed by atoms with van der Waals surface area (Å²) in [6, 6.07) is 3.66. The summed E-state index contributed by atoms with van der Waals surface area (Å²) in [6.07, 6.45) is 2.90. The number of rotatable bonds is 7. The lowest BCUT2D eigenvalue weighted by atomic mass is 10.1. The molecule has 0 bridgehead atoms. The molecule has 0 unspecified atom stereocenters. The van der Waals surface area contributed by atoms with E-state index in [4.69, 9.17) is 26.9 Å². The van der Waals surface area contributed by atoms with Gasteiger partial charge in [-0.15, -0.1) is 11.3 Å². The van der Waals surface area contributed by atoms with E-state index in [1.165, 1.54) is 0 Å². The molecule has 3 heterocycles. The van der Waals surface area contributed by atoms with Gasteiger partial charge in [-0.2, -0.15) is 4.98 Å². The normalized spacial score (nSPS) is 12.7. The predicted octanol–water partition coefficient (Wildman–Crippen LogP) is 3.11. The van der Waals surface area contributed by atoms with Crippen LogP contribution in [0.25, 0.3) is 10.2 Å². The fourth-order valence-electron chi connectivity index (χ4n) is 2.51. The van der Waals surface area contributed by atoms with E-state index in [1.807, 2.05) is 19.1 Å². The van der Waals surface area contributed by atoms with Crippen LogP contribution in [0.1, 0.15) is 22.6 Å². The number of aryl methyl sites for hydroxylation is 1. The molecule has 0 aliphatic rings. The third-order valence-electron chi connectivity index (χ3n) is 3.79. The Kier molecular flexibility index (Phi) is 5.35. The highest BCUT2D eigenvalue weighted by Crippen LogP contribution is 2.35. The van der Waals surface area contributed by atoms with Gasteiger partial charge in [-0.25, -0.2) is 4.98 Å². The fraction of sp³-hybridized carbons (Fsp3) is 0.375. The van der Waals surface area contributed by atoms with Crippen molar-refractivity contribution in [3.63, 3.8) is 0 Å². The molecule has 3 rings (SSSR count). The Labute approximate surface area is 148 Å². The van der Waals surface area contributed by atoms with Crippen molar-refractivity contribution in [3.05, 3.63) is 39.9 Å². The highest BCUT2D eigenvalue weighted by Gasteiger charge is 2.17. The first-order chi connectivity index (χ1) is 11.6. The van der Waals surface area contributed by atoms with Gasteiger partial charge in [0.05, 0.1) is 23.0 Å². The number of anilines is 1. The van der Waals surface area contributed by atoms with E-state index in [0.717, 1.165) is 26.4 Å². The maximum absolute atomic E-state index is 9.03. The second-order valence-corrected chi connectivity index (χ2v) is 7.02. The predicted molar refractivity (Wildman–Crippen MR) is 96.6 cm³/mol.